The van der Waals surface area contributed by atoms with Crippen LogP contribution in [0, 0.1) is 5.92 Å². The van der Waals surface area contributed by atoms with Crippen LogP contribution in [-0.2, 0) is 9.53 Å². The lowest BCUT2D eigenvalue weighted by Gasteiger charge is -2.31. The minimum absolute atomic E-state index is 0.131. The second-order valence-electron chi connectivity index (χ2n) is 8.78. The van der Waals surface area contributed by atoms with Crippen molar-refractivity contribution in [1.29, 1.82) is 0 Å². The van der Waals surface area contributed by atoms with Crippen molar-refractivity contribution in [3.63, 3.8) is 0 Å². The number of carbonyl (C=O) groups is 1. The van der Waals surface area contributed by atoms with Crippen molar-refractivity contribution in [2.45, 2.75) is 32.6 Å². The van der Waals surface area contributed by atoms with E-state index >= 15 is 0 Å². The van der Waals surface area contributed by atoms with Gasteiger partial charge in [-0.15, -0.1) is 0 Å². The summed E-state index contributed by atoms with van der Waals surface area (Å²) in [6.07, 6.45) is 5.80. The highest BCUT2D eigenvalue weighted by Gasteiger charge is 2.21. The zero-order chi connectivity index (χ0) is 24.6. The van der Waals surface area contributed by atoms with E-state index in [1.807, 2.05) is 43.3 Å². The first-order valence-corrected chi connectivity index (χ1v) is 12.9. The van der Waals surface area contributed by atoms with Gasteiger partial charge in [0.1, 0.15) is 17.9 Å². The predicted octanol–water partition coefficient (Wildman–Crippen LogP) is 5.15. The number of aromatic nitrogens is 2. The van der Waals surface area contributed by atoms with Crippen molar-refractivity contribution >= 4 is 50.0 Å². The molecule has 9 heteroatoms. The van der Waals surface area contributed by atoms with Crippen LogP contribution in [0.5, 0.6) is 5.75 Å². The lowest BCUT2D eigenvalue weighted by molar-refractivity contribution is -0.144. The van der Waals surface area contributed by atoms with Crippen molar-refractivity contribution in [1.82, 2.24) is 14.9 Å². The van der Waals surface area contributed by atoms with Gasteiger partial charge in [0.05, 0.1) is 31.0 Å². The molecule has 3 N–H and O–H groups in total. The van der Waals surface area contributed by atoms with E-state index in [0.29, 0.717) is 42.9 Å². The first-order valence-electron chi connectivity index (χ1n) is 12.1. The number of anilines is 3. The molecule has 0 aliphatic carbocycles. The number of nitrogen functional groups attached to an aromatic ring is 1. The van der Waals surface area contributed by atoms with Crippen LogP contribution in [0.25, 0.3) is 10.9 Å². The van der Waals surface area contributed by atoms with E-state index < -0.39 is 0 Å². The SMILES string of the molecule is CCOC(=O)CN1CCC(CCCOc2cc3ncnc(Nc4cccc(Br)c4)c3cc2N)CC1. The zero-order valence-electron chi connectivity index (χ0n) is 20.0. The van der Waals surface area contributed by atoms with Crippen molar-refractivity contribution in [2.24, 2.45) is 5.92 Å². The fourth-order valence-electron chi connectivity index (χ4n) is 4.40. The summed E-state index contributed by atoms with van der Waals surface area (Å²) >= 11 is 3.49. The minimum Gasteiger partial charge on any atom is -0.491 e. The molecule has 1 aliphatic heterocycles. The van der Waals surface area contributed by atoms with Gasteiger partial charge in [0.25, 0.3) is 0 Å². The Bertz CT molecular complexity index is 1150. The first kappa shape index (κ1) is 25.2. The number of carbonyl (C=O) groups excluding carboxylic acids is 1. The molecule has 8 nitrogen and oxygen atoms in total. The third-order valence-electron chi connectivity index (χ3n) is 6.23. The molecular weight excluding hydrogens is 510 g/mol. The van der Waals surface area contributed by atoms with E-state index in [0.717, 1.165) is 59.8 Å². The summed E-state index contributed by atoms with van der Waals surface area (Å²) in [6, 6.07) is 11.6. The molecule has 0 bridgehead atoms. The maximum Gasteiger partial charge on any atom is 0.320 e. The summed E-state index contributed by atoms with van der Waals surface area (Å²) in [6.45, 7) is 5.16. The average molecular weight is 542 g/mol. The topological polar surface area (TPSA) is 103 Å². The number of rotatable bonds is 10. The molecule has 4 rings (SSSR count). The number of piperidine rings is 1. The van der Waals surface area contributed by atoms with Gasteiger partial charge in [0, 0.05) is 21.6 Å². The smallest absolute Gasteiger partial charge is 0.320 e. The molecule has 0 radical (unpaired) electrons. The maximum absolute atomic E-state index is 11.7. The van der Waals surface area contributed by atoms with Crippen LogP contribution in [0.2, 0.25) is 0 Å². The van der Waals surface area contributed by atoms with E-state index in [-0.39, 0.29) is 5.97 Å². The Labute approximate surface area is 214 Å². The average Bonchev–Trinajstić information content (AvgIpc) is 2.84. The quantitative estimate of drug-likeness (QED) is 0.206. The number of hydrogen-bond donors (Lipinski definition) is 2. The van der Waals surface area contributed by atoms with Gasteiger partial charge in [0.15, 0.2) is 0 Å². The normalized spacial score (nSPS) is 14.7. The molecular formula is C26H32BrN5O3. The Kier molecular flexibility index (Phi) is 8.76. The Morgan fingerprint density at radius 2 is 2.06 bits per heavy atom. The van der Waals surface area contributed by atoms with E-state index in [9.17, 15) is 4.79 Å². The number of nitrogens with two attached hydrogens (primary N) is 1. The number of ether oxygens (including phenoxy) is 2. The van der Waals surface area contributed by atoms with Crippen LogP contribution < -0.4 is 15.8 Å². The highest BCUT2D eigenvalue weighted by Crippen LogP contribution is 2.32. The highest BCUT2D eigenvalue weighted by molar-refractivity contribution is 9.10. The summed E-state index contributed by atoms with van der Waals surface area (Å²) in [5, 5.41) is 4.18. The van der Waals surface area contributed by atoms with E-state index in [1.165, 1.54) is 6.33 Å². The molecule has 1 fully saturated rings. The molecule has 0 saturated carbocycles. The number of nitrogens with zero attached hydrogens (tertiary/aromatic N) is 3. The molecule has 2 aromatic carbocycles. The Morgan fingerprint density at radius 3 is 2.83 bits per heavy atom. The second-order valence-corrected chi connectivity index (χ2v) is 9.70. The number of halogens is 1. The molecule has 0 amide bonds. The van der Waals surface area contributed by atoms with Crippen LogP contribution >= 0.6 is 15.9 Å². The molecule has 3 aromatic rings. The monoisotopic (exact) mass is 541 g/mol. The number of esters is 1. The lowest BCUT2D eigenvalue weighted by atomic mass is 9.92. The Hall–Kier alpha value is -2.91. The van der Waals surface area contributed by atoms with Crippen LogP contribution in [0.3, 0.4) is 0 Å². The molecule has 0 spiro atoms. The predicted molar refractivity (Wildman–Crippen MR) is 142 cm³/mol. The van der Waals surface area contributed by atoms with Crippen molar-refractivity contribution < 1.29 is 14.3 Å². The standard InChI is InChI=1S/C26H32BrN5O3/c1-2-34-25(33)16-32-10-8-18(9-11-32)5-4-12-35-24-15-23-21(14-22(24)28)26(30-17-29-23)31-20-7-3-6-19(27)13-20/h3,6-7,13-15,17-18H,2,4-5,8-12,16,28H2,1H3,(H,29,30,31). The summed E-state index contributed by atoms with van der Waals surface area (Å²) in [7, 11) is 0. The van der Waals surface area contributed by atoms with Crippen LogP contribution in [-0.4, -0.2) is 53.7 Å². The van der Waals surface area contributed by atoms with Gasteiger partial charge < -0.3 is 20.5 Å². The molecule has 1 aromatic heterocycles. The third kappa shape index (κ3) is 7.05. The maximum atomic E-state index is 11.7. The van der Waals surface area contributed by atoms with Crippen LogP contribution in [0.15, 0.2) is 47.2 Å². The van der Waals surface area contributed by atoms with Gasteiger partial charge in [-0.2, -0.15) is 0 Å². The highest BCUT2D eigenvalue weighted by atomic mass is 79.9. The number of fused-ring (bicyclic) bond motifs is 1. The first-order chi connectivity index (χ1) is 17.0. The van der Waals surface area contributed by atoms with Crippen molar-refractivity contribution in [2.75, 3.05) is 43.9 Å². The van der Waals surface area contributed by atoms with Gasteiger partial charge in [-0.3, -0.25) is 9.69 Å². The van der Waals surface area contributed by atoms with Gasteiger partial charge in [0.2, 0.25) is 0 Å². The van der Waals surface area contributed by atoms with Crippen molar-refractivity contribution in [3.05, 3.63) is 47.2 Å². The molecule has 35 heavy (non-hydrogen) atoms. The molecule has 0 unspecified atom stereocenters. The number of benzene rings is 2. The van der Waals surface area contributed by atoms with Gasteiger partial charge in [-0.1, -0.05) is 22.0 Å². The summed E-state index contributed by atoms with van der Waals surface area (Å²) in [5.74, 6) is 1.87. The Morgan fingerprint density at radius 1 is 1.23 bits per heavy atom. The Balaban J connectivity index is 1.28. The van der Waals surface area contributed by atoms with E-state index in [2.05, 4.69) is 36.1 Å². The summed E-state index contributed by atoms with van der Waals surface area (Å²) in [5.41, 5.74) is 8.58. The number of hydrogen-bond acceptors (Lipinski definition) is 8. The molecule has 0 atom stereocenters. The van der Waals surface area contributed by atoms with Gasteiger partial charge >= 0.3 is 5.97 Å². The number of likely N-dealkylation sites (tertiary alicyclic amines) is 1. The largest absolute Gasteiger partial charge is 0.491 e. The fraction of sp³-hybridized carbons (Fsp3) is 0.423. The van der Waals surface area contributed by atoms with Gasteiger partial charge in [-0.25, -0.2) is 9.97 Å². The summed E-state index contributed by atoms with van der Waals surface area (Å²) in [4.78, 5) is 22.6. The molecule has 1 aliphatic rings. The molecule has 2 heterocycles. The lowest BCUT2D eigenvalue weighted by Crippen LogP contribution is -2.38. The van der Waals surface area contributed by atoms with Crippen LogP contribution in [0.4, 0.5) is 17.2 Å². The molecule has 1 saturated heterocycles. The zero-order valence-corrected chi connectivity index (χ0v) is 21.6. The second kappa shape index (κ2) is 12.2. The van der Waals surface area contributed by atoms with Crippen molar-refractivity contribution in [3.8, 4) is 5.75 Å². The number of nitrogens with one attached hydrogen (secondary N) is 1. The third-order valence-corrected chi connectivity index (χ3v) is 6.73. The van der Waals surface area contributed by atoms with E-state index in [4.69, 9.17) is 15.2 Å². The van der Waals surface area contributed by atoms with Crippen LogP contribution in [0.1, 0.15) is 32.6 Å². The summed E-state index contributed by atoms with van der Waals surface area (Å²) < 4.78 is 12.1. The minimum atomic E-state index is -0.131. The van der Waals surface area contributed by atoms with Gasteiger partial charge in [-0.05, 0) is 75.9 Å². The fourth-order valence-corrected chi connectivity index (χ4v) is 4.80. The molecule has 186 valence electrons. The van der Waals surface area contributed by atoms with E-state index in [1.54, 1.807) is 0 Å².